The SMILES string of the molecule is COc1cc(/C=C/C(=O)OC2CC[C@]3(CO3)C([C@]3(C)OC3CC=C(C)C)[C@@H]2OC)cc(OC)c1OC(C)C. The predicted octanol–water partition coefficient (Wildman–Crippen LogP) is 5.12. The number of ether oxygens (including phenoxy) is 7. The summed E-state index contributed by atoms with van der Waals surface area (Å²) < 4.78 is 41.0. The van der Waals surface area contributed by atoms with E-state index in [-0.39, 0.29) is 35.4 Å². The summed E-state index contributed by atoms with van der Waals surface area (Å²) in [5, 5.41) is 0. The highest BCUT2D eigenvalue weighted by Gasteiger charge is 2.72. The number of esters is 1. The molecule has 0 amide bonds. The van der Waals surface area contributed by atoms with E-state index >= 15 is 0 Å². The highest BCUT2D eigenvalue weighted by Crippen LogP contribution is 2.59. The third-order valence-electron chi connectivity index (χ3n) is 7.75. The molecule has 2 saturated heterocycles. The lowest BCUT2D eigenvalue weighted by Gasteiger charge is -2.42. The van der Waals surface area contributed by atoms with Crippen molar-refractivity contribution < 1.29 is 38.0 Å². The summed E-state index contributed by atoms with van der Waals surface area (Å²) in [7, 11) is 4.81. The van der Waals surface area contributed by atoms with Crippen molar-refractivity contribution in [2.45, 2.75) is 89.5 Å². The van der Waals surface area contributed by atoms with Gasteiger partial charge in [-0.2, -0.15) is 0 Å². The molecule has 0 bridgehead atoms. The Labute approximate surface area is 226 Å². The number of rotatable bonds is 11. The van der Waals surface area contributed by atoms with Gasteiger partial charge in [0.15, 0.2) is 11.5 Å². The Morgan fingerprint density at radius 3 is 2.34 bits per heavy atom. The number of hydrogen-bond acceptors (Lipinski definition) is 8. The molecule has 4 rings (SSSR count). The van der Waals surface area contributed by atoms with Crippen LogP contribution in [0.4, 0.5) is 0 Å². The Morgan fingerprint density at radius 2 is 1.82 bits per heavy atom. The van der Waals surface area contributed by atoms with Crippen molar-refractivity contribution in [3.63, 3.8) is 0 Å². The maximum Gasteiger partial charge on any atom is 0.331 e. The van der Waals surface area contributed by atoms with Crippen molar-refractivity contribution >= 4 is 12.0 Å². The molecule has 3 aliphatic rings. The van der Waals surface area contributed by atoms with Gasteiger partial charge in [-0.25, -0.2) is 4.79 Å². The van der Waals surface area contributed by atoms with E-state index in [1.807, 2.05) is 13.8 Å². The molecule has 1 aromatic rings. The first-order chi connectivity index (χ1) is 18.1. The van der Waals surface area contributed by atoms with Gasteiger partial charge in [-0.3, -0.25) is 0 Å². The third-order valence-corrected chi connectivity index (χ3v) is 7.75. The van der Waals surface area contributed by atoms with Crippen molar-refractivity contribution in [1.82, 2.24) is 0 Å². The van der Waals surface area contributed by atoms with Crippen LogP contribution in [0.25, 0.3) is 6.08 Å². The van der Waals surface area contributed by atoms with Crippen molar-refractivity contribution in [2.75, 3.05) is 27.9 Å². The normalized spacial score (nSPS) is 31.8. The summed E-state index contributed by atoms with van der Waals surface area (Å²) >= 11 is 0. The molecule has 2 heterocycles. The molecule has 6 atom stereocenters. The zero-order chi connectivity index (χ0) is 27.7. The molecule has 1 aliphatic carbocycles. The fourth-order valence-electron chi connectivity index (χ4n) is 5.77. The molecule has 1 saturated carbocycles. The van der Waals surface area contributed by atoms with Gasteiger partial charge in [-0.05, 0) is 77.7 Å². The van der Waals surface area contributed by atoms with Crippen LogP contribution in [0.2, 0.25) is 0 Å². The fraction of sp³-hybridized carbons (Fsp3) is 0.633. The molecule has 210 valence electrons. The molecular formula is C30H42O8. The van der Waals surface area contributed by atoms with E-state index in [1.54, 1.807) is 39.5 Å². The van der Waals surface area contributed by atoms with Crippen LogP contribution in [0.15, 0.2) is 29.9 Å². The predicted molar refractivity (Wildman–Crippen MR) is 144 cm³/mol. The average Bonchev–Trinajstić information content (AvgIpc) is 3.79. The molecule has 8 nitrogen and oxygen atoms in total. The fourth-order valence-corrected chi connectivity index (χ4v) is 5.77. The number of allylic oxidation sites excluding steroid dienone is 1. The van der Waals surface area contributed by atoms with Gasteiger partial charge in [0.05, 0.1) is 39.0 Å². The summed E-state index contributed by atoms with van der Waals surface area (Å²) in [4.78, 5) is 12.9. The van der Waals surface area contributed by atoms with E-state index in [0.717, 1.165) is 18.4 Å². The Kier molecular flexibility index (Phi) is 8.45. The van der Waals surface area contributed by atoms with Crippen molar-refractivity contribution in [1.29, 1.82) is 0 Å². The average molecular weight is 531 g/mol. The maximum atomic E-state index is 12.9. The second-order valence-corrected chi connectivity index (χ2v) is 11.1. The Balaban J connectivity index is 1.47. The Hall–Kier alpha value is -2.55. The summed E-state index contributed by atoms with van der Waals surface area (Å²) in [6.07, 6.45) is 6.97. The Bertz CT molecular complexity index is 1040. The lowest BCUT2D eigenvalue weighted by atomic mass is 9.68. The number of carbonyl (C=O) groups excluding carboxylic acids is 1. The van der Waals surface area contributed by atoms with Gasteiger partial charge in [0.1, 0.15) is 23.4 Å². The molecular weight excluding hydrogens is 488 g/mol. The molecule has 0 radical (unpaired) electrons. The van der Waals surface area contributed by atoms with Crippen LogP contribution in [0, 0.1) is 5.92 Å². The minimum atomic E-state index is -0.438. The van der Waals surface area contributed by atoms with E-state index < -0.39 is 12.1 Å². The number of methoxy groups -OCH3 is 3. The van der Waals surface area contributed by atoms with Gasteiger partial charge in [-0.1, -0.05) is 11.6 Å². The van der Waals surface area contributed by atoms with E-state index in [4.69, 9.17) is 33.2 Å². The second-order valence-electron chi connectivity index (χ2n) is 11.1. The zero-order valence-corrected chi connectivity index (χ0v) is 23.9. The lowest BCUT2D eigenvalue weighted by Crippen LogP contribution is -2.55. The van der Waals surface area contributed by atoms with Crippen LogP contribution < -0.4 is 14.2 Å². The van der Waals surface area contributed by atoms with Crippen LogP contribution in [-0.2, 0) is 23.7 Å². The molecule has 0 aromatic heterocycles. The largest absolute Gasteiger partial charge is 0.493 e. The molecule has 2 aliphatic heterocycles. The van der Waals surface area contributed by atoms with E-state index in [9.17, 15) is 4.79 Å². The van der Waals surface area contributed by atoms with Gasteiger partial charge in [0.2, 0.25) is 5.75 Å². The number of hydrogen-bond donors (Lipinski definition) is 0. The minimum Gasteiger partial charge on any atom is -0.493 e. The highest BCUT2D eigenvalue weighted by molar-refractivity contribution is 5.87. The summed E-state index contributed by atoms with van der Waals surface area (Å²) in [5.74, 6) is 1.11. The minimum absolute atomic E-state index is 0.0203. The zero-order valence-electron chi connectivity index (χ0n) is 23.9. The van der Waals surface area contributed by atoms with Crippen LogP contribution in [0.3, 0.4) is 0 Å². The van der Waals surface area contributed by atoms with E-state index in [1.165, 1.54) is 11.6 Å². The number of carbonyl (C=O) groups is 1. The summed E-state index contributed by atoms with van der Waals surface area (Å²) in [5.41, 5.74) is 1.35. The van der Waals surface area contributed by atoms with Crippen LogP contribution >= 0.6 is 0 Å². The molecule has 1 spiro atoms. The second kappa shape index (κ2) is 11.3. The molecule has 1 aromatic carbocycles. The first-order valence-corrected chi connectivity index (χ1v) is 13.4. The first-order valence-electron chi connectivity index (χ1n) is 13.4. The molecule has 38 heavy (non-hydrogen) atoms. The van der Waals surface area contributed by atoms with Gasteiger partial charge >= 0.3 is 5.97 Å². The van der Waals surface area contributed by atoms with E-state index in [0.29, 0.717) is 30.3 Å². The summed E-state index contributed by atoms with van der Waals surface area (Å²) in [6, 6.07) is 3.59. The monoisotopic (exact) mass is 530 g/mol. The summed E-state index contributed by atoms with van der Waals surface area (Å²) in [6.45, 7) is 10.9. The van der Waals surface area contributed by atoms with Crippen LogP contribution in [0.5, 0.6) is 17.2 Å². The standard InChI is InChI=1S/C30H42O8/c1-18(2)9-11-24-29(5,38-24)28-27(34-8)21(13-14-30(28)17-35-30)37-25(31)12-10-20-15-22(32-6)26(36-19(3)4)23(16-20)33-7/h9-10,12,15-16,19,21,24,27-28H,11,13-14,17H2,1-8H3/b12-10+/t21?,24?,27-,28?,29-,30+/m1/s1. The molecule has 0 N–H and O–H groups in total. The Morgan fingerprint density at radius 1 is 1.16 bits per heavy atom. The first kappa shape index (κ1) is 28.5. The van der Waals surface area contributed by atoms with Crippen LogP contribution in [0.1, 0.15) is 59.4 Å². The molecule has 3 fully saturated rings. The lowest BCUT2D eigenvalue weighted by molar-refractivity contribution is -0.166. The smallest absolute Gasteiger partial charge is 0.331 e. The van der Waals surface area contributed by atoms with Gasteiger partial charge in [0.25, 0.3) is 0 Å². The number of benzene rings is 1. The van der Waals surface area contributed by atoms with Gasteiger partial charge < -0.3 is 33.2 Å². The molecule has 8 heteroatoms. The topological polar surface area (TPSA) is 88.3 Å². The highest BCUT2D eigenvalue weighted by atomic mass is 16.6. The van der Waals surface area contributed by atoms with Gasteiger partial charge in [0, 0.05) is 13.2 Å². The quantitative estimate of drug-likeness (QED) is 0.169. The van der Waals surface area contributed by atoms with Crippen molar-refractivity contribution in [2.24, 2.45) is 5.92 Å². The van der Waals surface area contributed by atoms with E-state index in [2.05, 4.69) is 26.8 Å². The molecule has 3 unspecified atom stereocenters. The third kappa shape index (κ3) is 5.87. The van der Waals surface area contributed by atoms with Gasteiger partial charge in [-0.15, -0.1) is 0 Å². The van der Waals surface area contributed by atoms with Crippen molar-refractivity contribution in [3.05, 3.63) is 35.4 Å². The van der Waals surface area contributed by atoms with Crippen LogP contribution in [-0.4, -0.2) is 69.5 Å². The number of epoxide rings is 2. The maximum absolute atomic E-state index is 12.9. The van der Waals surface area contributed by atoms with Crippen molar-refractivity contribution in [3.8, 4) is 17.2 Å².